The van der Waals surface area contributed by atoms with E-state index in [4.69, 9.17) is 15.9 Å². The van der Waals surface area contributed by atoms with E-state index in [1.807, 2.05) is 25.2 Å². The molecule has 1 N–H and O–H groups in total. The Morgan fingerprint density at radius 2 is 2.07 bits per heavy atom. The fourth-order valence-electron chi connectivity index (χ4n) is 1.39. The van der Waals surface area contributed by atoms with Crippen LogP contribution in [-0.2, 0) is 0 Å². The van der Waals surface area contributed by atoms with Gasteiger partial charge in [-0.05, 0) is 19.2 Å². The first-order valence-electron chi connectivity index (χ1n) is 4.62. The number of nitrogens with one attached hydrogen (secondary N) is 1. The molecule has 3 heteroatoms. The average Bonchev–Trinajstić information content (AvgIpc) is 2.31. The molecule has 0 amide bonds. The van der Waals surface area contributed by atoms with E-state index in [2.05, 4.69) is 11.2 Å². The standard InChI is InChI=1S/C12H15NO2/c1-5-11(13-2)10-7-6-9(14-3)8-12(10)15-4/h1,6-8,11,13H,2-4H3. The molecule has 0 aliphatic carbocycles. The van der Waals surface area contributed by atoms with Gasteiger partial charge in [-0.15, -0.1) is 6.42 Å². The van der Waals surface area contributed by atoms with Gasteiger partial charge >= 0.3 is 0 Å². The van der Waals surface area contributed by atoms with Crippen molar-refractivity contribution >= 4 is 0 Å². The number of ether oxygens (including phenoxy) is 2. The number of rotatable bonds is 4. The van der Waals surface area contributed by atoms with Gasteiger partial charge in [0.25, 0.3) is 0 Å². The molecule has 0 aliphatic rings. The van der Waals surface area contributed by atoms with Gasteiger partial charge in [0.1, 0.15) is 11.5 Å². The van der Waals surface area contributed by atoms with Crippen LogP contribution in [0.15, 0.2) is 18.2 Å². The molecule has 1 unspecified atom stereocenters. The molecule has 0 spiro atoms. The van der Waals surface area contributed by atoms with E-state index < -0.39 is 0 Å². The summed E-state index contributed by atoms with van der Waals surface area (Å²) in [6, 6.07) is 5.43. The molecule has 0 aromatic heterocycles. The fraction of sp³-hybridized carbons (Fsp3) is 0.333. The first-order valence-corrected chi connectivity index (χ1v) is 4.62. The Morgan fingerprint density at radius 1 is 1.33 bits per heavy atom. The summed E-state index contributed by atoms with van der Waals surface area (Å²) in [6.45, 7) is 0. The third kappa shape index (κ3) is 2.42. The Bertz CT molecular complexity index is 368. The van der Waals surface area contributed by atoms with Crippen molar-refractivity contribution in [3.8, 4) is 23.8 Å². The SMILES string of the molecule is C#CC(NC)c1ccc(OC)cc1OC. The summed E-state index contributed by atoms with van der Waals surface area (Å²) in [7, 11) is 5.04. The smallest absolute Gasteiger partial charge is 0.128 e. The molecule has 0 fully saturated rings. The zero-order valence-electron chi connectivity index (χ0n) is 9.20. The van der Waals surface area contributed by atoms with Gasteiger partial charge in [0.2, 0.25) is 0 Å². The Labute approximate surface area is 90.4 Å². The van der Waals surface area contributed by atoms with Crippen LogP contribution in [0.25, 0.3) is 0 Å². The van der Waals surface area contributed by atoms with Gasteiger partial charge < -0.3 is 14.8 Å². The molecule has 80 valence electrons. The van der Waals surface area contributed by atoms with Crippen LogP contribution >= 0.6 is 0 Å². The summed E-state index contributed by atoms with van der Waals surface area (Å²) in [4.78, 5) is 0. The third-order valence-corrected chi connectivity index (χ3v) is 2.21. The van der Waals surface area contributed by atoms with Crippen LogP contribution in [-0.4, -0.2) is 21.3 Å². The van der Waals surface area contributed by atoms with E-state index in [0.29, 0.717) is 0 Å². The Morgan fingerprint density at radius 3 is 2.53 bits per heavy atom. The van der Waals surface area contributed by atoms with Crippen molar-refractivity contribution in [3.05, 3.63) is 23.8 Å². The van der Waals surface area contributed by atoms with Crippen LogP contribution < -0.4 is 14.8 Å². The monoisotopic (exact) mass is 205 g/mol. The number of terminal acetylenes is 1. The first-order chi connectivity index (χ1) is 7.26. The highest BCUT2D eigenvalue weighted by molar-refractivity contribution is 5.44. The lowest BCUT2D eigenvalue weighted by atomic mass is 10.1. The Balaban J connectivity index is 3.13. The zero-order valence-corrected chi connectivity index (χ0v) is 9.20. The van der Waals surface area contributed by atoms with Gasteiger partial charge in [-0.3, -0.25) is 0 Å². The van der Waals surface area contributed by atoms with Gasteiger partial charge in [-0.2, -0.15) is 0 Å². The van der Waals surface area contributed by atoms with E-state index in [1.54, 1.807) is 14.2 Å². The van der Waals surface area contributed by atoms with Gasteiger partial charge in [0, 0.05) is 11.6 Å². The maximum absolute atomic E-state index is 5.41. The molecule has 1 rings (SSSR count). The quantitative estimate of drug-likeness (QED) is 0.757. The van der Waals surface area contributed by atoms with E-state index in [1.165, 1.54) is 0 Å². The highest BCUT2D eigenvalue weighted by Gasteiger charge is 2.12. The zero-order chi connectivity index (χ0) is 11.3. The molecule has 15 heavy (non-hydrogen) atoms. The molecule has 0 bridgehead atoms. The number of methoxy groups -OCH3 is 2. The van der Waals surface area contributed by atoms with Crippen LogP contribution in [0.3, 0.4) is 0 Å². The first kappa shape index (κ1) is 11.4. The van der Waals surface area contributed by atoms with E-state index in [-0.39, 0.29) is 6.04 Å². The molecule has 1 aromatic rings. The molecule has 0 aliphatic heterocycles. The topological polar surface area (TPSA) is 30.5 Å². The van der Waals surface area contributed by atoms with Gasteiger partial charge in [-0.25, -0.2) is 0 Å². The lowest BCUT2D eigenvalue weighted by Gasteiger charge is -2.14. The lowest BCUT2D eigenvalue weighted by molar-refractivity contribution is 0.389. The molecule has 1 aromatic carbocycles. The van der Waals surface area contributed by atoms with E-state index in [9.17, 15) is 0 Å². The predicted molar refractivity (Wildman–Crippen MR) is 60.2 cm³/mol. The summed E-state index contributed by atoms with van der Waals surface area (Å²) < 4.78 is 10.4. The second kappa shape index (κ2) is 5.28. The van der Waals surface area contributed by atoms with Gasteiger partial charge in [0.15, 0.2) is 0 Å². The summed E-state index contributed by atoms with van der Waals surface area (Å²) in [5, 5.41) is 3.02. The van der Waals surface area contributed by atoms with Crippen molar-refractivity contribution in [3.63, 3.8) is 0 Å². The van der Waals surface area contributed by atoms with Crippen molar-refractivity contribution in [2.45, 2.75) is 6.04 Å². The van der Waals surface area contributed by atoms with Crippen LogP contribution in [0.4, 0.5) is 0 Å². The average molecular weight is 205 g/mol. The minimum Gasteiger partial charge on any atom is -0.497 e. The minimum absolute atomic E-state index is 0.147. The van der Waals surface area contributed by atoms with Crippen molar-refractivity contribution in [2.24, 2.45) is 0 Å². The maximum atomic E-state index is 5.41. The number of hydrogen-bond acceptors (Lipinski definition) is 3. The van der Waals surface area contributed by atoms with Crippen molar-refractivity contribution in [1.82, 2.24) is 5.32 Å². The summed E-state index contributed by atoms with van der Waals surface area (Å²) in [5.74, 6) is 4.13. The van der Waals surface area contributed by atoms with Crippen LogP contribution in [0.5, 0.6) is 11.5 Å². The number of hydrogen-bond donors (Lipinski definition) is 1. The van der Waals surface area contributed by atoms with Crippen LogP contribution in [0, 0.1) is 12.3 Å². The fourth-order valence-corrected chi connectivity index (χ4v) is 1.39. The van der Waals surface area contributed by atoms with Crippen molar-refractivity contribution in [2.75, 3.05) is 21.3 Å². The lowest BCUT2D eigenvalue weighted by Crippen LogP contribution is -2.15. The molecule has 1 atom stereocenters. The molecule has 0 saturated heterocycles. The van der Waals surface area contributed by atoms with Gasteiger partial charge in [-0.1, -0.05) is 5.92 Å². The molecular weight excluding hydrogens is 190 g/mol. The predicted octanol–water partition coefficient (Wildman–Crippen LogP) is 1.60. The number of benzene rings is 1. The Hall–Kier alpha value is -1.66. The van der Waals surface area contributed by atoms with Crippen molar-refractivity contribution < 1.29 is 9.47 Å². The summed E-state index contributed by atoms with van der Waals surface area (Å²) in [6.07, 6.45) is 5.41. The molecule has 0 radical (unpaired) electrons. The second-order valence-electron chi connectivity index (χ2n) is 3.00. The Kier molecular flexibility index (Phi) is 4.02. The highest BCUT2D eigenvalue weighted by Crippen LogP contribution is 2.28. The largest absolute Gasteiger partial charge is 0.497 e. The maximum Gasteiger partial charge on any atom is 0.128 e. The van der Waals surface area contributed by atoms with Crippen LogP contribution in [0.2, 0.25) is 0 Å². The second-order valence-corrected chi connectivity index (χ2v) is 3.00. The summed E-state index contributed by atoms with van der Waals surface area (Å²) in [5.41, 5.74) is 0.934. The normalized spacial score (nSPS) is 11.6. The molecule has 0 saturated carbocycles. The molecule has 3 nitrogen and oxygen atoms in total. The molecule has 0 heterocycles. The molecular formula is C12H15NO2. The van der Waals surface area contributed by atoms with Crippen LogP contribution in [0.1, 0.15) is 11.6 Å². The third-order valence-electron chi connectivity index (χ3n) is 2.21. The summed E-state index contributed by atoms with van der Waals surface area (Å²) >= 11 is 0. The van der Waals surface area contributed by atoms with E-state index in [0.717, 1.165) is 17.1 Å². The van der Waals surface area contributed by atoms with E-state index >= 15 is 0 Å². The highest BCUT2D eigenvalue weighted by atomic mass is 16.5. The minimum atomic E-state index is -0.147. The van der Waals surface area contributed by atoms with Crippen molar-refractivity contribution in [1.29, 1.82) is 0 Å². The van der Waals surface area contributed by atoms with Gasteiger partial charge in [0.05, 0.1) is 20.3 Å².